The van der Waals surface area contributed by atoms with Gasteiger partial charge in [-0.15, -0.1) is 11.3 Å². The summed E-state index contributed by atoms with van der Waals surface area (Å²) in [6.07, 6.45) is 1.32. The number of anilines is 1. The van der Waals surface area contributed by atoms with Gasteiger partial charge in [0.1, 0.15) is 11.4 Å². The van der Waals surface area contributed by atoms with Crippen LogP contribution in [0.3, 0.4) is 0 Å². The van der Waals surface area contributed by atoms with Gasteiger partial charge in [-0.1, -0.05) is 32.0 Å². The van der Waals surface area contributed by atoms with Gasteiger partial charge in [-0.05, 0) is 24.5 Å². The van der Waals surface area contributed by atoms with Crippen LogP contribution in [-0.4, -0.2) is 28.0 Å². The average Bonchev–Trinajstić information content (AvgIpc) is 3.09. The van der Waals surface area contributed by atoms with Crippen LogP contribution >= 0.6 is 11.3 Å². The van der Waals surface area contributed by atoms with Gasteiger partial charge in [0.15, 0.2) is 0 Å². The van der Waals surface area contributed by atoms with Crippen LogP contribution in [0.1, 0.15) is 42.6 Å². The van der Waals surface area contributed by atoms with Crippen molar-refractivity contribution in [3.8, 4) is 0 Å². The van der Waals surface area contributed by atoms with Crippen LogP contribution in [-0.2, 0) is 16.1 Å². The standard InChI is InChI=1S/C20H21N3O4S/c1-4-27-20(26)14-10-28-18-17(14)19(25)23(11-21-18)9-16(24)22-15-8-6-5-7-13(15)12(2)3/h5-8,10-12H,4,9H2,1-3H3,(H,22,24). The fourth-order valence-corrected chi connectivity index (χ4v) is 3.76. The second-order valence-electron chi connectivity index (χ2n) is 6.52. The largest absolute Gasteiger partial charge is 0.462 e. The van der Waals surface area contributed by atoms with Crippen molar-refractivity contribution in [2.45, 2.75) is 33.2 Å². The quantitative estimate of drug-likeness (QED) is 0.642. The van der Waals surface area contributed by atoms with E-state index in [2.05, 4.69) is 10.3 Å². The number of ether oxygens (including phenoxy) is 1. The number of carbonyl (C=O) groups is 2. The number of hydrogen-bond donors (Lipinski definition) is 1. The lowest BCUT2D eigenvalue weighted by Gasteiger charge is -2.14. The van der Waals surface area contributed by atoms with Crippen molar-refractivity contribution in [2.75, 3.05) is 11.9 Å². The van der Waals surface area contributed by atoms with Gasteiger partial charge in [-0.25, -0.2) is 9.78 Å². The molecular formula is C20H21N3O4S. The predicted molar refractivity (Wildman–Crippen MR) is 109 cm³/mol. The molecular weight excluding hydrogens is 378 g/mol. The Labute approximate surface area is 166 Å². The third kappa shape index (κ3) is 3.96. The van der Waals surface area contributed by atoms with E-state index in [1.54, 1.807) is 12.3 Å². The summed E-state index contributed by atoms with van der Waals surface area (Å²) in [6.45, 7) is 5.79. The Kier molecular flexibility index (Phi) is 5.89. The van der Waals surface area contributed by atoms with E-state index in [1.807, 2.05) is 38.1 Å². The van der Waals surface area contributed by atoms with Crippen LogP contribution < -0.4 is 10.9 Å². The fraction of sp³-hybridized carbons (Fsp3) is 0.300. The van der Waals surface area contributed by atoms with Crippen LogP contribution in [0, 0.1) is 0 Å². The zero-order chi connectivity index (χ0) is 20.3. The minimum Gasteiger partial charge on any atom is -0.462 e. The number of hydrogen-bond acceptors (Lipinski definition) is 6. The number of thiophene rings is 1. The van der Waals surface area contributed by atoms with Crippen LogP contribution in [0.25, 0.3) is 10.2 Å². The molecule has 0 aliphatic rings. The Morgan fingerprint density at radius 2 is 2.04 bits per heavy atom. The molecule has 0 aliphatic carbocycles. The lowest BCUT2D eigenvalue weighted by molar-refractivity contribution is -0.116. The van der Waals surface area contributed by atoms with E-state index in [1.165, 1.54) is 22.2 Å². The minimum absolute atomic E-state index is 0.180. The zero-order valence-corrected chi connectivity index (χ0v) is 16.7. The molecule has 8 heteroatoms. The molecule has 0 aliphatic heterocycles. The van der Waals surface area contributed by atoms with Crippen LogP contribution in [0.5, 0.6) is 0 Å². The third-order valence-corrected chi connectivity index (χ3v) is 5.11. The smallest absolute Gasteiger partial charge is 0.339 e. The van der Waals surface area contributed by atoms with Crippen LogP contribution in [0.4, 0.5) is 5.69 Å². The number of benzene rings is 1. The van der Waals surface area contributed by atoms with E-state index >= 15 is 0 Å². The summed E-state index contributed by atoms with van der Waals surface area (Å²) in [4.78, 5) is 42.1. The summed E-state index contributed by atoms with van der Waals surface area (Å²) in [5.41, 5.74) is 1.47. The number of rotatable bonds is 6. The second-order valence-corrected chi connectivity index (χ2v) is 7.38. The van der Waals surface area contributed by atoms with E-state index < -0.39 is 11.5 Å². The van der Waals surface area contributed by atoms with Crippen LogP contribution in [0.15, 0.2) is 40.8 Å². The van der Waals surface area contributed by atoms with E-state index in [-0.39, 0.29) is 35.9 Å². The van der Waals surface area contributed by atoms with Gasteiger partial charge in [-0.2, -0.15) is 0 Å². The van der Waals surface area contributed by atoms with Crippen molar-refractivity contribution in [3.05, 3.63) is 57.5 Å². The first-order valence-electron chi connectivity index (χ1n) is 8.94. The summed E-state index contributed by atoms with van der Waals surface area (Å²) in [6, 6.07) is 7.55. The molecule has 3 rings (SSSR count). The summed E-state index contributed by atoms with van der Waals surface area (Å²) in [5.74, 6) is -0.667. The van der Waals surface area contributed by atoms with Crippen molar-refractivity contribution in [1.82, 2.24) is 9.55 Å². The molecule has 0 saturated heterocycles. The summed E-state index contributed by atoms with van der Waals surface area (Å²) in [5, 5.41) is 4.59. The molecule has 0 unspecified atom stereocenters. The molecule has 2 aromatic heterocycles. The third-order valence-electron chi connectivity index (χ3n) is 4.23. The maximum Gasteiger partial charge on any atom is 0.339 e. The molecule has 7 nitrogen and oxygen atoms in total. The zero-order valence-electron chi connectivity index (χ0n) is 15.9. The molecule has 1 amide bonds. The Morgan fingerprint density at radius 3 is 2.75 bits per heavy atom. The number of carbonyl (C=O) groups excluding carboxylic acids is 2. The normalized spacial score (nSPS) is 11.0. The minimum atomic E-state index is -0.569. The molecule has 0 spiro atoms. The van der Waals surface area contributed by atoms with Gasteiger partial charge in [0.2, 0.25) is 5.91 Å². The lowest BCUT2D eigenvalue weighted by Crippen LogP contribution is -2.28. The SMILES string of the molecule is CCOC(=O)c1csc2ncn(CC(=O)Nc3ccccc3C(C)C)c(=O)c12. The van der Waals surface area contributed by atoms with E-state index in [9.17, 15) is 14.4 Å². The highest BCUT2D eigenvalue weighted by Gasteiger charge is 2.19. The molecule has 0 saturated carbocycles. The highest BCUT2D eigenvalue weighted by atomic mass is 32.1. The topological polar surface area (TPSA) is 90.3 Å². The highest BCUT2D eigenvalue weighted by molar-refractivity contribution is 7.17. The van der Waals surface area contributed by atoms with Crippen molar-refractivity contribution >= 4 is 39.1 Å². The molecule has 0 atom stereocenters. The molecule has 3 aromatic rings. The van der Waals surface area contributed by atoms with Crippen molar-refractivity contribution < 1.29 is 14.3 Å². The number of aromatic nitrogens is 2. The van der Waals surface area contributed by atoms with Crippen molar-refractivity contribution in [2.24, 2.45) is 0 Å². The summed E-state index contributed by atoms with van der Waals surface area (Å²) >= 11 is 1.19. The van der Waals surface area contributed by atoms with Crippen LogP contribution in [0.2, 0.25) is 0 Å². The molecule has 0 radical (unpaired) electrons. The Morgan fingerprint density at radius 1 is 1.29 bits per heavy atom. The van der Waals surface area contributed by atoms with Crippen molar-refractivity contribution in [3.63, 3.8) is 0 Å². The van der Waals surface area contributed by atoms with E-state index in [0.29, 0.717) is 10.5 Å². The molecule has 1 aromatic carbocycles. The number of nitrogens with zero attached hydrogens (tertiary/aromatic N) is 2. The van der Waals surface area contributed by atoms with E-state index in [4.69, 9.17) is 4.74 Å². The number of amides is 1. The summed E-state index contributed by atoms with van der Waals surface area (Å²) < 4.78 is 6.20. The van der Waals surface area contributed by atoms with Gasteiger partial charge in [0, 0.05) is 11.1 Å². The molecule has 2 heterocycles. The number of esters is 1. The predicted octanol–water partition coefficient (Wildman–Crippen LogP) is 3.40. The molecule has 0 fully saturated rings. The number of nitrogens with one attached hydrogen (secondary N) is 1. The fourth-order valence-electron chi connectivity index (χ4n) is 2.90. The monoisotopic (exact) mass is 399 g/mol. The first kappa shape index (κ1) is 19.8. The van der Waals surface area contributed by atoms with E-state index in [0.717, 1.165) is 5.56 Å². The molecule has 0 bridgehead atoms. The second kappa shape index (κ2) is 8.35. The van der Waals surface area contributed by atoms with Gasteiger partial charge >= 0.3 is 5.97 Å². The van der Waals surface area contributed by atoms with Gasteiger partial charge in [0.25, 0.3) is 5.56 Å². The molecule has 1 N–H and O–H groups in total. The van der Waals surface area contributed by atoms with Gasteiger partial charge < -0.3 is 10.1 Å². The molecule has 146 valence electrons. The molecule has 28 heavy (non-hydrogen) atoms. The summed E-state index contributed by atoms with van der Waals surface area (Å²) in [7, 11) is 0. The first-order chi connectivity index (χ1) is 13.4. The average molecular weight is 399 g/mol. The lowest BCUT2D eigenvalue weighted by atomic mass is 10.0. The Hall–Kier alpha value is -3.00. The number of para-hydroxylation sites is 1. The first-order valence-corrected chi connectivity index (χ1v) is 9.82. The number of fused-ring (bicyclic) bond motifs is 1. The maximum atomic E-state index is 12.8. The van der Waals surface area contributed by atoms with Gasteiger partial charge in [0.05, 0.1) is 23.9 Å². The Bertz CT molecular complexity index is 1080. The highest BCUT2D eigenvalue weighted by Crippen LogP contribution is 2.24. The van der Waals surface area contributed by atoms with Crippen molar-refractivity contribution in [1.29, 1.82) is 0 Å². The van der Waals surface area contributed by atoms with Gasteiger partial charge in [-0.3, -0.25) is 14.2 Å². The maximum absolute atomic E-state index is 12.8. The Balaban J connectivity index is 1.88.